The van der Waals surface area contributed by atoms with E-state index in [0.717, 1.165) is 22.1 Å². The number of hydrogen-bond acceptors (Lipinski definition) is 9. The molecule has 5 rings (SSSR count). The normalized spacial score (nSPS) is 15.5. The van der Waals surface area contributed by atoms with Crippen molar-refractivity contribution in [2.24, 2.45) is 0 Å². The molecule has 3 aromatic carbocycles. The number of ether oxygens (including phenoxy) is 4. The molecule has 0 radical (unpaired) electrons. The molecule has 51 heavy (non-hydrogen) atoms. The van der Waals surface area contributed by atoms with Gasteiger partial charge in [-0.2, -0.15) is 0 Å². The highest BCUT2D eigenvalue weighted by atomic mass is 19.3. The van der Waals surface area contributed by atoms with Gasteiger partial charge in [0, 0.05) is 49.4 Å². The fraction of sp³-hybridized carbons (Fsp3) is 0.395. The van der Waals surface area contributed by atoms with Gasteiger partial charge in [-0.05, 0) is 68.7 Å². The lowest BCUT2D eigenvalue weighted by Crippen LogP contribution is -2.49. The van der Waals surface area contributed by atoms with Gasteiger partial charge in [0.05, 0.1) is 37.5 Å². The molecule has 0 spiro atoms. The lowest BCUT2D eigenvalue weighted by Gasteiger charge is -2.42. The number of benzene rings is 3. The van der Waals surface area contributed by atoms with E-state index in [9.17, 15) is 23.2 Å². The Morgan fingerprint density at radius 2 is 1.75 bits per heavy atom. The molecule has 1 saturated heterocycles. The number of anilines is 1. The molecule has 13 heteroatoms. The second kappa shape index (κ2) is 15.9. The van der Waals surface area contributed by atoms with E-state index in [4.69, 9.17) is 18.9 Å². The summed E-state index contributed by atoms with van der Waals surface area (Å²) < 4.78 is 50.6. The van der Waals surface area contributed by atoms with Crippen LogP contribution in [0.1, 0.15) is 59.4 Å². The van der Waals surface area contributed by atoms with Crippen molar-refractivity contribution in [3.63, 3.8) is 0 Å². The van der Waals surface area contributed by atoms with Gasteiger partial charge in [0.2, 0.25) is 0 Å². The van der Waals surface area contributed by atoms with E-state index in [1.54, 1.807) is 57.2 Å². The van der Waals surface area contributed by atoms with Gasteiger partial charge in [-0.1, -0.05) is 36.4 Å². The molecule has 1 fully saturated rings. The number of carbonyl (C=O) groups is 3. The third-order valence-electron chi connectivity index (χ3n) is 8.66. The van der Waals surface area contributed by atoms with E-state index >= 15 is 0 Å². The highest BCUT2D eigenvalue weighted by Gasteiger charge is 2.32. The van der Waals surface area contributed by atoms with Crippen LogP contribution in [0.15, 0.2) is 66.9 Å². The van der Waals surface area contributed by atoms with Crippen molar-refractivity contribution in [1.29, 1.82) is 0 Å². The Hall–Kier alpha value is -5.01. The van der Waals surface area contributed by atoms with Crippen LogP contribution in [0.4, 0.5) is 24.1 Å². The Balaban J connectivity index is 1.51. The van der Waals surface area contributed by atoms with E-state index in [0.29, 0.717) is 36.5 Å². The van der Waals surface area contributed by atoms with Crippen molar-refractivity contribution in [1.82, 2.24) is 14.4 Å². The van der Waals surface area contributed by atoms with Crippen LogP contribution in [-0.2, 0) is 27.4 Å². The van der Waals surface area contributed by atoms with Gasteiger partial charge in [0.15, 0.2) is 0 Å². The van der Waals surface area contributed by atoms with Gasteiger partial charge in [-0.15, -0.1) is 0 Å². The number of aryl methyl sites for hydroxylation is 1. The second-order valence-corrected chi connectivity index (χ2v) is 13.4. The number of nitrogens with zero attached hydrogens (tertiary/aromatic N) is 3. The number of amides is 1. The highest BCUT2D eigenvalue weighted by Crippen LogP contribution is 2.37. The summed E-state index contributed by atoms with van der Waals surface area (Å²) in [6.07, 6.45) is -2.14. The number of halogens is 2. The van der Waals surface area contributed by atoms with Crippen LogP contribution in [0.5, 0.6) is 5.75 Å². The highest BCUT2D eigenvalue weighted by molar-refractivity contribution is 6.00. The van der Waals surface area contributed by atoms with Gasteiger partial charge in [0.25, 0.3) is 6.43 Å². The topological polar surface area (TPSA) is 112 Å². The maximum absolute atomic E-state index is 13.6. The van der Waals surface area contributed by atoms with Gasteiger partial charge in [-0.25, -0.2) is 23.2 Å². The summed E-state index contributed by atoms with van der Waals surface area (Å²) in [5, 5.41) is 3.47. The van der Waals surface area contributed by atoms with Crippen molar-refractivity contribution in [2.45, 2.75) is 58.9 Å². The molecule has 1 amide bonds. The average molecular weight is 707 g/mol. The summed E-state index contributed by atoms with van der Waals surface area (Å²) in [4.78, 5) is 42.7. The summed E-state index contributed by atoms with van der Waals surface area (Å²) in [6.45, 7) is 8.30. The molecule has 1 unspecified atom stereocenters. The Bertz CT molecular complexity index is 1870. The Kier molecular flexibility index (Phi) is 11.6. The van der Waals surface area contributed by atoms with Crippen LogP contribution in [0.3, 0.4) is 0 Å². The standard InChI is InChI=1S/C38H44F2N4O7/c1-24-18-32(48-5)29(27-14-15-44(34(24)27)37(47)51-38(2,3)4)20-43-17-16-42(22-33(39)40)21-31(43)26-12-13-28(35(45)49-6)30(19-26)41-36(46)50-23-25-10-8-7-9-11-25/h7-15,18-19,31,33H,16-17,20-23H2,1-6H3,(H,41,46). The first-order chi connectivity index (χ1) is 24.3. The second-order valence-electron chi connectivity index (χ2n) is 13.4. The summed E-state index contributed by atoms with van der Waals surface area (Å²) >= 11 is 0. The molecule has 0 saturated carbocycles. The molecular formula is C38H44F2N4O7. The maximum atomic E-state index is 13.6. The van der Waals surface area contributed by atoms with Gasteiger partial charge < -0.3 is 18.9 Å². The Morgan fingerprint density at radius 3 is 2.41 bits per heavy atom. The number of hydrogen-bond donors (Lipinski definition) is 1. The van der Waals surface area contributed by atoms with Crippen molar-refractivity contribution in [3.8, 4) is 5.75 Å². The number of piperazine rings is 1. The van der Waals surface area contributed by atoms with Crippen molar-refractivity contribution < 1.29 is 42.1 Å². The molecule has 1 aromatic heterocycles. The maximum Gasteiger partial charge on any atom is 0.419 e. The number of nitrogens with one attached hydrogen (secondary N) is 1. The zero-order valence-electron chi connectivity index (χ0n) is 29.7. The molecule has 2 heterocycles. The fourth-order valence-electron chi connectivity index (χ4n) is 6.35. The summed E-state index contributed by atoms with van der Waals surface area (Å²) in [5.41, 5.74) is 3.33. The van der Waals surface area contributed by atoms with E-state index in [1.165, 1.54) is 11.7 Å². The first-order valence-corrected chi connectivity index (χ1v) is 16.6. The number of fused-ring (bicyclic) bond motifs is 1. The Labute approximate surface area is 296 Å². The van der Waals surface area contributed by atoms with E-state index < -0.39 is 42.8 Å². The predicted octanol–water partition coefficient (Wildman–Crippen LogP) is 7.40. The van der Waals surface area contributed by atoms with Crippen molar-refractivity contribution in [3.05, 3.63) is 94.7 Å². The van der Waals surface area contributed by atoms with E-state index in [1.807, 2.05) is 49.4 Å². The molecule has 1 aliphatic heterocycles. The number of aromatic nitrogens is 1. The molecule has 272 valence electrons. The number of methoxy groups -OCH3 is 2. The molecule has 1 atom stereocenters. The quantitative estimate of drug-likeness (QED) is 0.133. The number of alkyl halides is 2. The fourth-order valence-corrected chi connectivity index (χ4v) is 6.35. The van der Waals surface area contributed by atoms with Crippen molar-refractivity contribution in [2.75, 3.05) is 45.7 Å². The molecule has 1 aliphatic rings. The Morgan fingerprint density at radius 1 is 1.00 bits per heavy atom. The lowest BCUT2D eigenvalue weighted by molar-refractivity contribution is 0.0245. The monoisotopic (exact) mass is 706 g/mol. The van der Waals surface area contributed by atoms with Crippen LogP contribution in [0, 0.1) is 6.92 Å². The summed E-state index contributed by atoms with van der Waals surface area (Å²) in [6, 6.07) is 17.4. The zero-order chi connectivity index (χ0) is 36.9. The van der Waals surface area contributed by atoms with Crippen molar-refractivity contribution >= 4 is 34.7 Å². The zero-order valence-corrected chi connectivity index (χ0v) is 29.7. The van der Waals surface area contributed by atoms with Gasteiger partial charge in [-0.3, -0.25) is 19.7 Å². The molecule has 4 aromatic rings. The first-order valence-electron chi connectivity index (χ1n) is 16.6. The number of carbonyl (C=O) groups excluding carboxylic acids is 3. The largest absolute Gasteiger partial charge is 0.496 e. The number of rotatable bonds is 10. The third-order valence-corrected chi connectivity index (χ3v) is 8.66. The van der Waals surface area contributed by atoms with E-state index in [2.05, 4.69) is 10.2 Å². The lowest BCUT2D eigenvalue weighted by atomic mass is 9.97. The molecule has 1 N–H and O–H groups in total. The van der Waals surface area contributed by atoms with Crippen LogP contribution >= 0.6 is 0 Å². The average Bonchev–Trinajstić information content (AvgIpc) is 3.54. The molecule has 0 aliphatic carbocycles. The SMILES string of the molecule is COC(=O)c1ccc(C2CN(CC(F)F)CCN2Cc2c(OC)cc(C)c3c2ccn3C(=O)OC(C)(C)C)cc1NC(=O)OCc1ccccc1. The van der Waals surface area contributed by atoms with Crippen LogP contribution in [0.2, 0.25) is 0 Å². The molecule has 11 nitrogen and oxygen atoms in total. The molecule has 0 bridgehead atoms. The predicted molar refractivity (Wildman–Crippen MR) is 188 cm³/mol. The third kappa shape index (κ3) is 9.02. The van der Waals surface area contributed by atoms with Gasteiger partial charge >= 0.3 is 18.2 Å². The van der Waals surface area contributed by atoms with E-state index in [-0.39, 0.29) is 24.4 Å². The first kappa shape index (κ1) is 37.3. The minimum atomic E-state index is -2.53. The van der Waals surface area contributed by atoms with Gasteiger partial charge in [0.1, 0.15) is 18.0 Å². The smallest absolute Gasteiger partial charge is 0.419 e. The minimum Gasteiger partial charge on any atom is -0.496 e. The summed E-state index contributed by atoms with van der Waals surface area (Å²) in [7, 11) is 2.82. The van der Waals surface area contributed by atoms with Crippen LogP contribution in [-0.4, -0.2) is 84.9 Å². The molecular weight excluding hydrogens is 662 g/mol. The van der Waals surface area contributed by atoms with Crippen LogP contribution in [0.25, 0.3) is 10.9 Å². The summed E-state index contributed by atoms with van der Waals surface area (Å²) in [5.74, 6) is -0.0544. The number of esters is 1. The van der Waals surface area contributed by atoms with Crippen LogP contribution < -0.4 is 10.1 Å². The minimum absolute atomic E-state index is 0.0153.